The van der Waals surface area contributed by atoms with Gasteiger partial charge in [0, 0.05) is 13.2 Å². The van der Waals surface area contributed by atoms with E-state index in [2.05, 4.69) is 15.5 Å². The molecule has 0 aromatic rings. The van der Waals surface area contributed by atoms with Crippen LogP contribution in [-0.2, 0) is 33.6 Å². The Balaban J connectivity index is 0. The first kappa shape index (κ1) is 20.9. The minimum absolute atomic E-state index is 0.00613. The van der Waals surface area contributed by atoms with Gasteiger partial charge in [0.2, 0.25) is 0 Å². The molecule has 0 spiro atoms. The Morgan fingerprint density at radius 1 is 1.15 bits per heavy atom. The Kier molecular flexibility index (Phi) is 13.1. The highest BCUT2D eigenvalue weighted by molar-refractivity contribution is 7.81. The van der Waals surface area contributed by atoms with Crippen molar-refractivity contribution < 1.29 is 36.2 Å². The number of carbonyl (C=O) groups is 2. The van der Waals surface area contributed by atoms with Crippen LogP contribution >= 0.6 is 0 Å². The molecule has 1 N–H and O–H groups in total. The largest absolute Gasteiger partial charge is 0.461 e. The number of hydrogen-bond acceptors (Lipinski definition) is 7. The maximum Gasteiger partial charge on any atom is 0.448 e. The number of esters is 1. The highest BCUT2D eigenvalue weighted by atomic mass is 32.3. The van der Waals surface area contributed by atoms with Crippen LogP contribution in [0.15, 0.2) is 12.7 Å². The molecule has 20 heavy (non-hydrogen) atoms. The van der Waals surface area contributed by atoms with Gasteiger partial charge in [-0.2, -0.15) is 8.42 Å². The molecule has 0 bridgehead atoms. The van der Waals surface area contributed by atoms with Gasteiger partial charge in [0.05, 0.1) is 12.8 Å². The molecule has 118 valence electrons. The zero-order chi connectivity index (χ0) is 16.0. The lowest BCUT2D eigenvalue weighted by Gasteiger charge is -2.01. The molecule has 0 unspecified atom stereocenters. The van der Waals surface area contributed by atoms with Crippen molar-refractivity contribution >= 4 is 22.3 Å². The van der Waals surface area contributed by atoms with Crippen molar-refractivity contribution in [1.82, 2.24) is 0 Å². The van der Waals surface area contributed by atoms with Crippen LogP contribution < -0.4 is 0 Å². The molecule has 0 rings (SSSR count). The molecule has 0 amide bonds. The normalized spacial score (nSPS) is 9.95. The molecule has 0 heterocycles. The lowest BCUT2D eigenvalue weighted by molar-refractivity contribution is -0.146. The van der Waals surface area contributed by atoms with Crippen LogP contribution in [0.25, 0.3) is 0 Å². The van der Waals surface area contributed by atoms with Gasteiger partial charge in [0.1, 0.15) is 6.61 Å². The highest BCUT2D eigenvalue weighted by Gasteiger charge is 2.14. The summed E-state index contributed by atoms with van der Waals surface area (Å²) in [6.45, 7) is 8.97. The molecule has 9 heteroatoms. The minimum Gasteiger partial charge on any atom is -0.461 e. The van der Waals surface area contributed by atoms with Crippen molar-refractivity contribution in [3.8, 4) is 0 Å². The molecule has 0 aromatic heterocycles. The number of hydrogen-bond donors (Lipinski definition) is 1. The first-order chi connectivity index (χ1) is 9.26. The molecule has 0 radical (unpaired) electrons. The Hall–Kier alpha value is -1.45. The summed E-state index contributed by atoms with van der Waals surface area (Å²) >= 11 is 0. The van der Waals surface area contributed by atoms with Gasteiger partial charge in [-0.1, -0.05) is 12.7 Å². The van der Waals surface area contributed by atoms with Crippen LogP contribution in [0.1, 0.15) is 26.7 Å². The summed E-state index contributed by atoms with van der Waals surface area (Å²) in [5.74, 6) is -1.92. The fraction of sp³-hybridized carbons (Fsp3) is 0.636. The van der Waals surface area contributed by atoms with Gasteiger partial charge in [0.15, 0.2) is 0 Å². The summed E-state index contributed by atoms with van der Waals surface area (Å²) in [6.07, 6.45) is 0.520. The van der Waals surface area contributed by atoms with E-state index in [0.29, 0.717) is 0 Å². The number of rotatable bonds is 8. The zero-order valence-corrected chi connectivity index (χ0v) is 12.3. The summed E-state index contributed by atoms with van der Waals surface area (Å²) < 4.78 is 41.1. The topological polar surface area (TPSA) is 116 Å². The molecule has 0 aromatic carbocycles. The van der Waals surface area contributed by atoms with Gasteiger partial charge in [0.25, 0.3) is 0 Å². The van der Waals surface area contributed by atoms with Gasteiger partial charge >= 0.3 is 22.3 Å². The predicted molar refractivity (Wildman–Crippen MR) is 70.2 cm³/mol. The van der Waals surface area contributed by atoms with E-state index in [1.165, 1.54) is 6.08 Å². The third-order valence-corrected chi connectivity index (χ3v) is 1.90. The average Bonchev–Trinajstić information content (AvgIpc) is 2.33. The van der Waals surface area contributed by atoms with Crippen LogP contribution in [0.5, 0.6) is 0 Å². The van der Waals surface area contributed by atoms with Crippen LogP contribution in [0.2, 0.25) is 0 Å². The summed E-state index contributed by atoms with van der Waals surface area (Å²) in [6, 6.07) is 0. The zero-order valence-electron chi connectivity index (χ0n) is 11.5. The molecular formula is C11H20O8S. The van der Waals surface area contributed by atoms with Crippen molar-refractivity contribution in [1.29, 1.82) is 0 Å². The van der Waals surface area contributed by atoms with E-state index >= 15 is 0 Å². The van der Waals surface area contributed by atoms with Gasteiger partial charge in [-0.25, -0.2) is 0 Å². The van der Waals surface area contributed by atoms with Crippen molar-refractivity contribution in [3.05, 3.63) is 12.7 Å². The maximum absolute atomic E-state index is 10.8. The SMILES string of the molecule is C=CCOC(=O)CCC(=O)OS(=O)(=O)O.CCOCC. The lowest BCUT2D eigenvalue weighted by Crippen LogP contribution is -2.14. The lowest BCUT2D eigenvalue weighted by atomic mass is 10.3. The molecular weight excluding hydrogens is 292 g/mol. The van der Waals surface area contributed by atoms with E-state index < -0.39 is 28.8 Å². The molecule has 0 aliphatic rings. The predicted octanol–water partition coefficient (Wildman–Crippen LogP) is 0.885. The molecule has 0 fully saturated rings. The van der Waals surface area contributed by atoms with E-state index in [1.807, 2.05) is 13.8 Å². The molecule has 0 saturated carbocycles. The summed E-state index contributed by atoms with van der Waals surface area (Å²) in [5, 5.41) is 0. The second kappa shape index (κ2) is 12.6. The highest BCUT2D eigenvalue weighted by Crippen LogP contribution is 1.98. The maximum atomic E-state index is 10.8. The monoisotopic (exact) mass is 312 g/mol. The molecule has 8 nitrogen and oxygen atoms in total. The van der Waals surface area contributed by atoms with E-state index in [0.717, 1.165) is 13.2 Å². The van der Waals surface area contributed by atoms with E-state index in [9.17, 15) is 18.0 Å². The van der Waals surface area contributed by atoms with E-state index in [4.69, 9.17) is 9.29 Å². The fourth-order valence-corrected chi connectivity index (χ4v) is 1.11. The Labute approximate surface area is 118 Å². The first-order valence-electron chi connectivity index (χ1n) is 5.80. The summed E-state index contributed by atoms with van der Waals surface area (Å²) in [4.78, 5) is 21.4. The van der Waals surface area contributed by atoms with Crippen LogP contribution in [0.3, 0.4) is 0 Å². The molecule has 0 aliphatic heterocycles. The Bertz CT molecular complexity index is 385. The third kappa shape index (κ3) is 18.9. The Morgan fingerprint density at radius 2 is 1.65 bits per heavy atom. The second-order valence-corrected chi connectivity index (χ2v) is 4.16. The summed E-state index contributed by atoms with van der Waals surface area (Å²) in [5.41, 5.74) is 0. The number of ether oxygens (including phenoxy) is 2. The van der Waals surface area contributed by atoms with Gasteiger partial charge in [-0.3, -0.25) is 14.1 Å². The van der Waals surface area contributed by atoms with E-state index in [-0.39, 0.29) is 13.0 Å². The molecule has 0 atom stereocenters. The quantitative estimate of drug-likeness (QED) is 0.399. The van der Waals surface area contributed by atoms with Crippen LogP contribution in [-0.4, -0.2) is 44.7 Å². The van der Waals surface area contributed by atoms with Crippen molar-refractivity contribution in [2.75, 3.05) is 19.8 Å². The standard InChI is InChI=1S/C7H10O7S.C4H10O/c1-2-5-13-6(8)3-4-7(9)14-15(10,11)12;1-3-5-4-2/h2H,1,3-5H2,(H,10,11,12);3-4H2,1-2H3. The summed E-state index contributed by atoms with van der Waals surface area (Å²) in [7, 11) is -4.81. The van der Waals surface area contributed by atoms with Crippen molar-refractivity contribution in [2.45, 2.75) is 26.7 Å². The fourth-order valence-electron chi connectivity index (χ4n) is 0.791. The van der Waals surface area contributed by atoms with E-state index in [1.54, 1.807) is 0 Å². The van der Waals surface area contributed by atoms with Crippen LogP contribution in [0, 0.1) is 0 Å². The minimum atomic E-state index is -4.81. The number of carbonyl (C=O) groups excluding carboxylic acids is 2. The smallest absolute Gasteiger partial charge is 0.448 e. The first-order valence-corrected chi connectivity index (χ1v) is 7.17. The van der Waals surface area contributed by atoms with Crippen molar-refractivity contribution in [2.24, 2.45) is 0 Å². The second-order valence-electron chi connectivity index (χ2n) is 3.14. The van der Waals surface area contributed by atoms with Gasteiger partial charge in [-0.05, 0) is 13.8 Å². The average molecular weight is 312 g/mol. The molecule has 0 aliphatic carbocycles. The molecule has 0 saturated heterocycles. The van der Waals surface area contributed by atoms with Gasteiger partial charge in [-0.15, -0.1) is 0 Å². The van der Waals surface area contributed by atoms with Crippen LogP contribution in [0.4, 0.5) is 0 Å². The Morgan fingerprint density at radius 3 is 2.00 bits per heavy atom. The van der Waals surface area contributed by atoms with Crippen molar-refractivity contribution in [3.63, 3.8) is 0 Å². The third-order valence-electron chi connectivity index (χ3n) is 1.50. The van der Waals surface area contributed by atoms with Gasteiger partial charge < -0.3 is 13.7 Å².